The van der Waals surface area contributed by atoms with Gasteiger partial charge in [0.05, 0.1) is 0 Å². The minimum atomic E-state index is -0.288. The molecule has 1 atom stereocenters. The van der Waals surface area contributed by atoms with Crippen molar-refractivity contribution in [3.63, 3.8) is 0 Å². The van der Waals surface area contributed by atoms with E-state index in [9.17, 15) is 9.59 Å². The Kier molecular flexibility index (Phi) is 5.24. The van der Waals surface area contributed by atoms with E-state index in [1.54, 1.807) is 29.2 Å². The highest BCUT2D eigenvalue weighted by Gasteiger charge is 2.30. The normalized spacial score (nSPS) is 16.8. The molecule has 0 bridgehead atoms. The summed E-state index contributed by atoms with van der Waals surface area (Å²) in [4.78, 5) is 26.0. The molecule has 2 N–H and O–H groups in total. The van der Waals surface area contributed by atoms with Gasteiger partial charge >= 0.3 is 6.03 Å². The molecule has 3 rings (SSSR count). The van der Waals surface area contributed by atoms with E-state index < -0.39 is 0 Å². The predicted molar refractivity (Wildman–Crippen MR) is 100 cm³/mol. The molecule has 3 amide bonds. The molecule has 130 valence electrons. The zero-order valence-electron chi connectivity index (χ0n) is 14.0. The van der Waals surface area contributed by atoms with Crippen LogP contribution in [0.5, 0.6) is 0 Å². The summed E-state index contributed by atoms with van der Waals surface area (Å²) in [6, 6.07) is 14.5. The molecule has 2 aromatic rings. The molecule has 25 heavy (non-hydrogen) atoms. The molecular formula is C19H20ClN3O2. The molecule has 0 radical (unpaired) electrons. The third-order valence-corrected chi connectivity index (χ3v) is 4.46. The highest BCUT2D eigenvalue weighted by molar-refractivity contribution is 6.30. The number of carbonyl (C=O) groups excluding carboxylic acids is 2. The number of carbonyl (C=O) groups is 2. The van der Waals surface area contributed by atoms with Crippen molar-refractivity contribution in [3.8, 4) is 0 Å². The van der Waals surface area contributed by atoms with E-state index in [-0.39, 0.29) is 17.9 Å². The first kappa shape index (κ1) is 17.3. The molecule has 2 aromatic carbocycles. The molecule has 6 heteroatoms. The van der Waals surface area contributed by atoms with Gasteiger partial charge in [0.15, 0.2) is 0 Å². The van der Waals surface area contributed by atoms with Gasteiger partial charge in [-0.2, -0.15) is 0 Å². The number of hydrogen-bond acceptors (Lipinski definition) is 2. The number of halogens is 1. The summed E-state index contributed by atoms with van der Waals surface area (Å²) in [6.45, 7) is 3.08. The number of hydrogen-bond donors (Lipinski definition) is 2. The lowest BCUT2D eigenvalue weighted by Gasteiger charge is -2.17. The van der Waals surface area contributed by atoms with Crippen LogP contribution in [0.25, 0.3) is 0 Å². The minimum absolute atomic E-state index is 0.0914. The van der Waals surface area contributed by atoms with E-state index in [0.29, 0.717) is 30.2 Å². The summed E-state index contributed by atoms with van der Waals surface area (Å²) in [5, 5.41) is 6.19. The third-order valence-electron chi connectivity index (χ3n) is 4.20. The molecule has 1 fully saturated rings. The summed E-state index contributed by atoms with van der Waals surface area (Å²) in [5.74, 6) is 0.193. The molecule has 1 aliphatic rings. The standard InChI is InChI=1S/C19H20ClN3O2/c1-13-2-8-17(9-3-13)23-12-14(10-18(23)24)11-21-19(25)22-16-6-4-15(20)5-7-16/h2-9,14H,10-12H2,1H3,(H2,21,22,25). The SMILES string of the molecule is Cc1ccc(N2CC(CNC(=O)Nc3ccc(Cl)cc3)CC2=O)cc1. The average Bonchev–Trinajstić information content (AvgIpc) is 2.97. The summed E-state index contributed by atoms with van der Waals surface area (Å²) in [6.07, 6.45) is 0.440. The van der Waals surface area contributed by atoms with E-state index in [4.69, 9.17) is 11.6 Å². The second-order valence-corrected chi connectivity index (χ2v) is 6.69. The second-order valence-electron chi connectivity index (χ2n) is 6.25. The van der Waals surface area contributed by atoms with Crippen molar-refractivity contribution in [3.05, 3.63) is 59.1 Å². The van der Waals surface area contributed by atoms with Gasteiger partial charge < -0.3 is 15.5 Å². The van der Waals surface area contributed by atoms with Gasteiger partial charge in [0.1, 0.15) is 0 Å². The molecule has 1 heterocycles. The monoisotopic (exact) mass is 357 g/mol. The van der Waals surface area contributed by atoms with Crippen LogP contribution >= 0.6 is 11.6 Å². The second kappa shape index (κ2) is 7.57. The Labute approximate surface area is 152 Å². The van der Waals surface area contributed by atoms with Gasteiger partial charge in [0, 0.05) is 41.8 Å². The maximum absolute atomic E-state index is 12.2. The van der Waals surface area contributed by atoms with Crippen LogP contribution in [0.15, 0.2) is 48.5 Å². The number of aryl methyl sites for hydroxylation is 1. The first-order valence-electron chi connectivity index (χ1n) is 8.19. The van der Waals surface area contributed by atoms with Crippen LogP contribution in [0, 0.1) is 12.8 Å². The van der Waals surface area contributed by atoms with Gasteiger partial charge in [0.25, 0.3) is 0 Å². The molecule has 1 saturated heterocycles. The van der Waals surface area contributed by atoms with Gasteiger partial charge in [-0.15, -0.1) is 0 Å². The Morgan fingerprint density at radius 1 is 1.16 bits per heavy atom. The molecule has 5 nitrogen and oxygen atoms in total. The summed E-state index contributed by atoms with van der Waals surface area (Å²) in [7, 11) is 0. The van der Waals surface area contributed by atoms with E-state index in [1.807, 2.05) is 31.2 Å². The Balaban J connectivity index is 1.50. The van der Waals surface area contributed by atoms with E-state index >= 15 is 0 Å². The molecule has 0 saturated carbocycles. The van der Waals surface area contributed by atoms with Crippen LogP contribution in [0.4, 0.5) is 16.2 Å². The Morgan fingerprint density at radius 2 is 1.84 bits per heavy atom. The summed E-state index contributed by atoms with van der Waals surface area (Å²) in [5.41, 5.74) is 2.74. The number of nitrogens with zero attached hydrogens (tertiary/aromatic N) is 1. The molecule has 0 spiro atoms. The van der Waals surface area contributed by atoms with E-state index in [2.05, 4.69) is 10.6 Å². The third kappa shape index (κ3) is 4.51. The topological polar surface area (TPSA) is 61.4 Å². The van der Waals surface area contributed by atoms with Crippen LogP contribution in [0.2, 0.25) is 5.02 Å². The fourth-order valence-corrected chi connectivity index (χ4v) is 2.96. The molecule has 1 unspecified atom stereocenters. The van der Waals surface area contributed by atoms with Crippen molar-refractivity contribution in [2.75, 3.05) is 23.3 Å². The Morgan fingerprint density at radius 3 is 2.52 bits per heavy atom. The van der Waals surface area contributed by atoms with Crippen molar-refractivity contribution in [1.29, 1.82) is 0 Å². The lowest BCUT2D eigenvalue weighted by Crippen LogP contribution is -2.34. The van der Waals surface area contributed by atoms with Gasteiger partial charge in [-0.05, 0) is 43.3 Å². The Bertz CT molecular complexity index is 759. The number of urea groups is 1. The van der Waals surface area contributed by atoms with E-state index in [1.165, 1.54) is 0 Å². The maximum Gasteiger partial charge on any atom is 0.319 e. The molecule has 0 aliphatic carbocycles. The predicted octanol–water partition coefficient (Wildman–Crippen LogP) is 3.82. The van der Waals surface area contributed by atoms with Gasteiger partial charge in [-0.3, -0.25) is 4.79 Å². The van der Waals surface area contributed by atoms with Crippen molar-refractivity contribution in [1.82, 2.24) is 5.32 Å². The maximum atomic E-state index is 12.2. The van der Waals surface area contributed by atoms with Crippen molar-refractivity contribution < 1.29 is 9.59 Å². The van der Waals surface area contributed by atoms with Gasteiger partial charge in [-0.25, -0.2) is 4.79 Å². The number of rotatable bonds is 4. The van der Waals surface area contributed by atoms with Crippen LogP contribution in [-0.2, 0) is 4.79 Å². The summed E-state index contributed by atoms with van der Waals surface area (Å²) < 4.78 is 0. The molecule has 0 aromatic heterocycles. The van der Waals surface area contributed by atoms with Gasteiger partial charge in [-0.1, -0.05) is 29.3 Å². The zero-order valence-corrected chi connectivity index (χ0v) is 14.7. The fraction of sp³-hybridized carbons (Fsp3) is 0.263. The van der Waals surface area contributed by atoms with Crippen LogP contribution in [0.1, 0.15) is 12.0 Å². The average molecular weight is 358 g/mol. The first-order valence-corrected chi connectivity index (χ1v) is 8.56. The number of amides is 3. The van der Waals surface area contributed by atoms with E-state index in [0.717, 1.165) is 11.3 Å². The van der Waals surface area contributed by atoms with Crippen molar-refractivity contribution >= 4 is 34.9 Å². The highest BCUT2D eigenvalue weighted by Crippen LogP contribution is 2.25. The number of benzene rings is 2. The lowest BCUT2D eigenvalue weighted by atomic mass is 10.1. The minimum Gasteiger partial charge on any atom is -0.338 e. The van der Waals surface area contributed by atoms with Gasteiger partial charge in [0.2, 0.25) is 5.91 Å². The van der Waals surface area contributed by atoms with Crippen LogP contribution in [0.3, 0.4) is 0 Å². The van der Waals surface area contributed by atoms with Crippen LogP contribution in [-0.4, -0.2) is 25.0 Å². The zero-order chi connectivity index (χ0) is 17.8. The summed E-state index contributed by atoms with van der Waals surface area (Å²) >= 11 is 5.82. The Hall–Kier alpha value is -2.53. The van der Waals surface area contributed by atoms with Crippen LogP contribution < -0.4 is 15.5 Å². The largest absolute Gasteiger partial charge is 0.338 e. The highest BCUT2D eigenvalue weighted by atomic mass is 35.5. The first-order chi connectivity index (χ1) is 12.0. The number of nitrogens with one attached hydrogen (secondary N) is 2. The van der Waals surface area contributed by atoms with Crippen molar-refractivity contribution in [2.45, 2.75) is 13.3 Å². The molecule has 1 aliphatic heterocycles. The fourth-order valence-electron chi connectivity index (χ4n) is 2.84. The molecular weight excluding hydrogens is 338 g/mol. The number of anilines is 2. The quantitative estimate of drug-likeness (QED) is 0.873. The van der Waals surface area contributed by atoms with Crippen molar-refractivity contribution in [2.24, 2.45) is 5.92 Å². The lowest BCUT2D eigenvalue weighted by molar-refractivity contribution is -0.117. The smallest absolute Gasteiger partial charge is 0.319 e.